The minimum absolute atomic E-state index is 0.647. The van der Waals surface area contributed by atoms with Crippen LogP contribution in [0.5, 0.6) is 0 Å². The molecule has 0 aromatic rings. The molecule has 0 aromatic carbocycles. The molecular formula is C7H10O9S. The molecule has 3 unspecified atom stereocenters. The number of ether oxygens (including phenoxy) is 1. The van der Waals surface area contributed by atoms with Gasteiger partial charge < -0.3 is 20.1 Å². The van der Waals surface area contributed by atoms with Crippen LogP contribution in [0.4, 0.5) is 0 Å². The van der Waals surface area contributed by atoms with Gasteiger partial charge in [-0.1, -0.05) is 0 Å². The van der Waals surface area contributed by atoms with Gasteiger partial charge in [0.1, 0.15) is 12.2 Å². The third-order valence-electron chi connectivity index (χ3n) is 1.93. The fraction of sp³-hybridized carbons (Fsp3) is 0.571. The SMILES string of the molecule is O=C(O)C1=CC(O)C(OS(=O)(=O)O)C(CO)O1. The van der Waals surface area contributed by atoms with Gasteiger partial charge in [-0.3, -0.25) is 4.55 Å². The fourth-order valence-electron chi connectivity index (χ4n) is 1.26. The first-order valence-electron chi connectivity index (χ1n) is 4.31. The molecule has 9 nitrogen and oxygen atoms in total. The molecule has 0 saturated carbocycles. The molecule has 0 spiro atoms. The van der Waals surface area contributed by atoms with E-state index in [9.17, 15) is 18.3 Å². The van der Waals surface area contributed by atoms with E-state index < -0.39 is 47.0 Å². The predicted molar refractivity (Wildman–Crippen MR) is 50.1 cm³/mol. The summed E-state index contributed by atoms with van der Waals surface area (Å²) in [6, 6.07) is 0. The van der Waals surface area contributed by atoms with Crippen LogP contribution in [-0.2, 0) is 24.1 Å². The number of carboxylic acids is 1. The number of carbonyl (C=O) groups is 1. The Labute approximate surface area is 95.8 Å². The Balaban J connectivity index is 2.95. The van der Waals surface area contributed by atoms with Crippen molar-refractivity contribution in [2.24, 2.45) is 0 Å². The molecule has 0 amide bonds. The van der Waals surface area contributed by atoms with Crippen LogP contribution < -0.4 is 0 Å². The van der Waals surface area contributed by atoms with E-state index in [-0.39, 0.29) is 0 Å². The summed E-state index contributed by atoms with van der Waals surface area (Å²) in [5.74, 6) is -2.14. The Morgan fingerprint density at radius 1 is 1.53 bits per heavy atom. The molecule has 1 heterocycles. The summed E-state index contributed by atoms with van der Waals surface area (Å²) in [7, 11) is -4.87. The van der Waals surface area contributed by atoms with Gasteiger partial charge >= 0.3 is 16.4 Å². The lowest BCUT2D eigenvalue weighted by atomic mass is 10.0. The summed E-state index contributed by atoms with van der Waals surface area (Å²) in [5, 5.41) is 26.9. The molecule has 0 radical (unpaired) electrons. The standard InChI is InChI=1S/C7H10O9S/c8-2-5-6(16-17(12,13)14)3(9)1-4(15-5)7(10)11/h1,3,5-6,8-9H,2H2,(H,10,11)(H,12,13,14). The van der Waals surface area contributed by atoms with Crippen molar-refractivity contribution in [1.82, 2.24) is 0 Å². The predicted octanol–water partition coefficient (Wildman–Crippen LogP) is -2.11. The van der Waals surface area contributed by atoms with Gasteiger partial charge in [0.25, 0.3) is 0 Å². The lowest BCUT2D eigenvalue weighted by molar-refractivity contribution is -0.143. The molecule has 98 valence electrons. The molecule has 3 atom stereocenters. The summed E-state index contributed by atoms with van der Waals surface area (Å²) in [5.41, 5.74) is 0. The van der Waals surface area contributed by atoms with Crippen LogP contribution in [0.2, 0.25) is 0 Å². The number of aliphatic carboxylic acids is 1. The molecule has 0 fully saturated rings. The molecule has 1 aliphatic rings. The highest BCUT2D eigenvalue weighted by Crippen LogP contribution is 2.22. The first kappa shape index (κ1) is 13.9. The van der Waals surface area contributed by atoms with Gasteiger partial charge in [-0.05, 0) is 6.08 Å². The van der Waals surface area contributed by atoms with Crippen molar-refractivity contribution in [1.29, 1.82) is 0 Å². The highest BCUT2D eigenvalue weighted by atomic mass is 32.3. The summed E-state index contributed by atoms with van der Waals surface area (Å²) in [4.78, 5) is 10.6. The smallest absolute Gasteiger partial charge is 0.397 e. The lowest BCUT2D eigenvalue weighted by Crippen LogP contribution is -2.47. The van der Waals surface area contributed by atoms with Gasteiger partial charge in [0, 0.05) is 0 Å². The van der Waals surface area contributed by atoms with Gasteiger partial charge in [0.2, 0.25) is 5.76 Å². The quantitative estimate of drug-likeness (QED) is 0.421. The van der Waals surface area contributed by atoms with Crippen LogP contribution in [-0.4, -0.2) is 59.2 Å². The second-order valence-corrected chi connectivity index (χ2v) is 4.20. The third kappa shape index (κ3) is 3.64. The van der Waals surface area contributed by atoms with Crippen molar-refractivity contribution >= 4 is 16.4 Å². The van der Waals surface area contributed by atoms with E-state index in [0.717, 1.165) is 0 Å². The second kappa shape index (κ2) is 4.98. The van der Waals surface area contributed by atoms with Crippen molar-refractivity contribution in [2.45, 2.75) is 18.3 Å². The monoisotopic (exact) mass is 270 g/mol. The van der Waals surface area contributed by atoms with E-state index in [1.54, 1.807) is 0 Å². The van der Waals surface area contributed by atoms with E-state index in [1.807, 2.05) is 0 Å². The van der Waals surface area contributed by atoms with E-state index in [0.29, 0.717) is 6.08 Å². The van der Waals surface area contributed by atoms with Crippen molar-refractivity contribution in [3.63, 3.8) is 0 Å². The highest BCUT2D eigenvalue weighted by Gasteiger charge is 2.39. The van der Waals surface area contributed by atoms with Crippen molar-refractivity contribution in [3.8, 4) is 0 Å². The number of hydrogen-bond donors (Lipinski definition) is 4. The second-order valence-electron chi connectivity index (χ2n) is 3.15. The number of aliphatic hydroxyl groups excluding tert-OH is 2. The topological polar surface area (TPSA) is 151 Å². The summed E-state index contributed by atoms with van der Waals surface area (Å²) >= 11 is 0. The van der Waals surface area contributed by atoms with Crippen LogP contribution in [0.3, 0.4) is 0 Å². The van der Waals surface area contributed by atoms with Crippen LogP contribution in [0, 0.1) is 0 Å². The number of rotatable bonds is 4. The third-order valence-corrected chi connectivity index (χ3v) is 2.39. The Hall–Kier alpha value is -1.20. The minimum Gasteiger partial charge on any atom is -0.478 e. The van der Waals surface area contributed by atoms with Crippen molar-refractivity contribution < 1.29 is 42.0 Å². The molecule has 0 aliphatic carbocycles. The van der Waals surface area contributed by atoms with E-state index in [2.05, 4.69) is 8.92 Å². The molecule has 0 saturated heterocycles. The maximum absolute atomic E-state index is 10.6. The van der Waals surface area contributed by atoms with E-state index in [1.165, 1.54) is 0 Å². The van der Waals surface area contributed by atoms with Crippen LogP contribution in [0.25, 0.3) is 0 Å². The first-order chi connectivity index (χ1) is 7.74. The molecular weight excluding hydrogens is 260 g/mol. The zero-order valence-electron chi connectivity index (χ0n) is 8.25. The van der Waals surface area contributed by atoms with Crippen molar-refractivity contribution in [2.75, 3.05) is 6.61 Å². The number of carboxylic acid groups (broad SMARTS) is 1. The minimum atomic E-state index is -4.87. The van der Waals surface area contributed by atoms with Crippen LogP contribution >= 0.6 is 0 Å². The summed E-state index contributed by atoms with van der Waals surface area (Å²) < 4.78 is 38.1. The Morgan fingerprint density at radius 3 is 2.53 bits per heavy atom. The first-order valence-corrected chi connectivity index (χ1v) is 5.67. The van der Waals surface area contributed by atoms with Crippen molar-refractivity contribution in [3.05, 3.63) is 11.8 Å². The Kier molecular flexibility index (Phi) is 4.06. The average molecular weight is 270 g/mol. The molecule has 1 rings (SSSR count). The zero-order valence-corrected chi connectivity index (χ0v) is 9.07. The zero-order chi connectivity index (χ0) is 13.2. The number of hydrogen-bond acceptors (Lipinski definition) is 7. The molecule has 1 aliphatic heterocycles. The summed E-state index contributed by atoms with van der Waals surface area (Å²) in [6.07, 6.45) is -4.01. The molecule has 10 heteroatoms. The molecule has 0 aromatic heterocycles. The molecule has 17 heavy (non-hydrogen) atoms. The maximum atomic E-state index is 10.6. The van der Waals surface area contributed by atoms with Crippen LogP contribution in [0.1, 0.15) is 0 Å². The van der Waals surface area contributed by atoms with E-state index >= 15 is 0 Å². The van der Waals surface area contributed by atoms with Gasteiger partial charge in [0.05, 0.1) is 6.61 Å². The molecule has 4 N–H and O–H groups in total. The Morgan fingerprint density at radius 2 is 2.12 bits per heavy atom. The highest BCUT2D eigenvalue weighted by molar-refractivity contribution is 7.80. The largest absolute Gasteiger partial charge is 0.478 e. The Bertz CT molecular complexity index is 425. The van der Waals surface area contributed by atoms with Gasteiger partial charge in [0.15, 0.2) is 6.10 Å². The van der Waals surface area contributed by atoms with Gasteiger partial charge in [-0.25, -0.2) is 8.98 Å². The molecule has 0 bridgehead atoms. The van der Waals surface area contributed by atoms with Crippen LogP contribution in [0.15, 0.2) is 11.8 Å². The van der Waals surface area contributed by atoms with Gasteiger partial charge in [-0.2, -0.15) is 8.42 Å². The fourth-order valence-corrected chi connectivity index (χ4v) is 1.78. The lowest BCUT2D eigenvalue weighted by Gasteiger charge is -2.31. The van der Waals surface area contributed by atoms with E-state index in [4.69, 9.17) is 14.8 Å². The average Bonchev–Trinajstić information content (AvgIpc) is 2.18. The summed E-state index contributed by atoms with van der Waals surface area (Å²) in [6.45, 7) is -0.804. The number of aliphatic hydroxyl groups is 2. The van der Waals surface area contributed by atoms with Gasteiger partial charge in [-0.15, -0.1) is 0 Å². The maximum Gasteiger partial charge on any atom is 0.397 e. The normalized spacial score (nSPS) is 29.4.